The first-order valence-electron chi connectivity index (χ1n) is 6.24. The Bertz CT molecular complexity index is 391. The van der Waals surface area contributed by atoms with Crippen LogP contribution in [0.1, 0.15) is 40.3 Å². The van der Waals surface area contributed by atoms with Crippen molar-refractivity contribution in [3.05, 3.63) is 18.2 Å². The van der Waals surface area contributed by atoms with Crippen molar-refractivity contribution in [2.24, 2.45) is 5.92 Å². The summed E-state index contributed by atoms with van der Waals surface area (Å²) in [4.78, 5) is 15.6. The summed E-state index contributed by atoms with van der Waals surface area (Å²) in [5, 5.41) is 2.73. The van der Waals surface area contributed by atoms with E-state index in [4.69, 9.17) is 4.74 Å². The van der Waals surface area contributed by atoms with E-state index in [2.05, 4.69) is 24.1 Å². The predicted molar refractivity (Wildman–Crippen MR) is 70.1 cm³/mol. The zero-order valence-corrected chi connectivity index (χ0v) is 11.9. The maximum atomic E-state index is 11.5. The van der Waals surface area contributed by atoms with Gasteiger partial charge in [0.25, 0.3) is 0 Å². The fourth-order valence-corrected chi connectivity index (χ4v) is 1.53. The molecule has 5 heteroatoms. The van der Waals surface area contributed by atoms with Gasteiger partial charge in [-0.25, -0.2) is 9.78 Å². The zero-order chi connectivity index (χ0) is 13.8. The smallest absolute Gasteiger partial charge is 0.407 e. The third-order valence-electron chi connectivity index (χ3n) is 2.17. The Kier molecular flexibility index (Phi) is 4.76. The molecule has 1 amide bonds. The van der Waals surface area contributed by atoms with Gasteiger partial charge in [-0.15, -0.1) is 0 Å². The Hall–Kier alpha value is -1.52. The highest BCUT2D eigenvalue weighted by molar-refractivity contribution is 5.67. The minimum atomic E-state index is -0.470. The number of hydrogen-bond acceptors (Lipinski definition) is 3. The molecule has 0 aliphatic carbocycles. The second-order valence-electron chi connectivity index (χ2n) is 5.79. The van der Waals surface area contributed by atoms with Gasteiger partial charge in [0.15, 0.2) is 0 Å². The number of aromatic nitrogens is 2. The van der Waals surface area contributed by atoms with Gasteiger partial charge in [0.1, 0.15) is 5.60 Å². The van der Waals surface area contributed by atoms with Gasteiger partial charge >= 0.3 is 6.09 Å². The van der Waals surface area contributed by atoms with Crippen molar-refractivity contribution < 1.29 is 9.53 Å². The topological polar surface area (TPSA) is 56.2 Å². The Morgan fingerprint density at radius 3 is 2.72 bits per heavy atom. The number of carbonyl (C=O) groups is 1. The number of ether oxygens (including phenoxy) is 1. The molecule has 0 aliphatic rings. The lowest BCUT2D eigenvalue weighted by Gasteiger charge is -2.20. The van der Waals surface area contributed by atoms with Crippen molar-refractivity contribution in [3.63, 3.8) is 0 Å². The minimum absolute atomic E-state index is 0.403. The van der Waals surface area contributed by atoms with Gasteiger partial charge in [-0.1, -0.05) is 13.8 Å². The van der Waals surface area contributed by atoms with Crippen molar-refractivity contribution in [1.29, 1.82) is 0 Å². The van der Waals surface area contributed by atoms with Gasteiger partial charge in [-0.3, -0.25) is 0 Å². The summed E-state index contributed by atoms with van der Waals surface area (Å²) in [5.74, 6) is 0.541. The number of rotatable bonds is 4. The van der Waals surface area contributed by atoms with Crippen LogP contribution in [0.3, 0.4) is 0 Å². The molecule has 0 atom stereocenters. The molecule has 0 saturated heterocycles. The quantitative estimate of drug-likeness (QED) is 0.897. The lowest BCUT2D eigenvalue weighted by atomic mass is 10.2. The number of nitrogens with one attached hydrogen (secondary N) is 1. The van der Waals surface area contributed by atoms with E-state index >= 15 is 0 Å². The highest BCUT2D eigenvalue weighted by atomic mass is 16.6. The molecule has 0 saturated carbocycles. The van der Waals surface area contributed by atoms with Crippen LogP contribution >= 0.6 is 0 Å². The molecule has 1 aromatic heterocycles. The van der Waals surface area contributed by atoms with E-state index in [0.29, 0.717) is 12.5 Å². The van der Waals surface area contributed by atoms with Gasteiger partial charge in [-0.2, -0.15) is 0 Å². The summed E-state index contributed by atoms with van der Waals surface area (Å²) in [7, 11) is 0. The number of amides is 1. The Morgan fingerprint density at radius 1 is 1.50 bits per heavy atom. The molecule has 1 heterocycles. The molecule has 5 nitrogen and oxygen atoms in total. The van der Waals surface area contributed by atoms with Crippen molar-refractivity contribution in [2.75, 3.05) is 0 Å². The van der Waals surface area contributed by atoms with Crippen molar-refractivity contribution in [3.8, 4) is 0 Å². The molecule has 0 aromatic carbocycles. The molecule has 0 aliphatic heterocycles. The Labute approximate surface area is 109 Å². The second-order valence-corrected chi connectivity index (χ2v) is 5.79. The fourth-order valence-electron chi connectivity index (χ4n) is 1.53. The average molecular weight is 253 g/mol. The minimum Gasteiger partial charge on any atom is -0.444 e. The molecule has 1 N–H and O–H groups in total. The number of nitrogens with zero attached hydrogens (tertiary/aromatic N) is 2. The van der Waals surface area contributed by atoms with E-state index < -0.39 is 11.7 Å². The lowest BCUT2D eigenvalue weighted by Crippen LogP contribution is -2.32. The van der Waals surface area contributed by atoms with Crippen molar-refractivity contribution >= 4 is 6.09 Å². The third-order valence-corrected chi connectivity index (χ3v) is 2.17. The van der Waals surface area contributed by atoms with E-state index in [9.17, 15) is 4.79 Å². The molecule has 0 unspecified atom stereocenters. The molecule has 0 spiro atoms. The van der Waals surface area contributed by atoms with Crippen LogP contribution in [-0.2, 0) is 17.8 Å². The van der Waals surface area contributed by atoms with E-state index in [1.165, 1.54) is 0 Å². The van der Waals surface area contributed by atoms with E-state index in [0.717, 1.165) is 12.2 Å². The third kappa shape index (κ3) is 5.21. The zero-order valence-electron chi connectivity index (χ0n) is 11.9. The van der Waals surface area contributed by atoms with Gasteiger partial charge in [-0.05, 0) is 26.7 Å². The molecule has 1 rings (SSSR count). The summed E-state index contributed by atoms with van der Waals surface area (Å²) >= 11 is 0. The van der Waals surface area contributed by atoms with Crippen molar-refractivity contribution in [1.82, 2.24) is 14.9 Å². The van der Waals surface area contributed by atoms with Crippen LogP contribution in [0.2, 0.25) is 0 Å². The number of hydrogen-bond donors (Lipinski definition) is 1. The summed E-state index contributed by atoms with van der Waals surface area (Å²) in [6, 6.07) is 0. The number of carbonyl (C=O) groups excluding carboxylic acids is 1. The molecule has 102 valence electrons. The molecule has 0 bridgehead atoms. The first kappa shape index (κ1) is 14.5. The maximum Gasteiger partial charge on any atom is 0.407 e. The molecule has 1 aromatic rings. The van der Waals surface area contributed by atoms with Crippen LogP contribution in [0.4, 0.5) is 4.79 Å². The largest absolute Gasteiger partial charge is 0.444 e. The maximum absolute atomic E-state index is 11.5. The molecular formula is C13H23N3O2. The van der Waals surface area contributed by atoms with E-state index in [1.807, 2.05) is 25.3 Å². The van der Waals surface area contributed by atoms with Crippen LogP contribution < -0.4 is 5.32 Å². The van der Waals surface area contributed by atoms with Crippen LogP contribution in [0.25, 0.3) is 0 Å². The van der Waals surface area contributed by atoms with Gasteiger partial charge in [0.05, 0.1) is 18.6 Å². The standard InChI is InChI=1S/C13H23N3O2/c1-10(2)8-16-9-14-6-11(16)7-15-12(17)18-13(3,4)5/h6,9-10H,7-8H2,1-5H3,(H,15,17). The Balaban J connectivity index is 2.48. The monoisotopic (exact) mass is 253 g/mol. The van der Waals surface area contributed by atoms with Gasteiger partial charge < -0.3 is 14.6 Å². The second kappa shape index (κ2) is 5.89. The predicted octanol–water partition coefficient (Wildman–Crippen LogP) is 2.56. The number of alkyl carbamates (subject to hydrolysis) is 1. The average Bonchev–Trinajstić information content (AvgIpc) is 2.58. The number of imidazole rings is 1. The van der Waals surface area contributed by atoms with E-state index in [1.54, 1.807) is 12.5 Å². The first-order chi connectivity index (χ1) is 8.28. The summed E-state index contributed by atoms with van der Waals surface area (Å²) in [5.41, 5.74) is 0.511. The van der Waals surface area contributed by atoms with Gasteiger partial charge in [0, 0.05) is 12.7 Å². The summed E-state index contributed by atoms with van der Waals surface area (Å²) in [6.07, 6.45) is 3.14. The Morgan fingerprint density at radius 2 is 2.17 bits per heavy atom. The molecule has 0 fully saturated rings. The normalized spacial score (nSPS) is 11.7. The highest BCUT2D eigenvalue weighted by Gasteiger charge is 2.16. The molecular weight excluding hydrogens is 230 g/mol. The van der Waals surface area contributed by atoms with Gasteiger partial charge in [0.2, 0.25) is 0 Å². The summed E-state index contributed by atoms with van der Waals surface area (Å²) < 4.78 is 7.22. The molecule has 0 radical (unpaired) electrons. The van der Waals surface area contributed by atoms with Crippen molar-refractivity contribution in [2.45, 2.75) is 53.3 Å². The molecule has 18 heavy (non-hydrogen) atoms. The van der Waals surface area contributed by atoms with Crippen LogP contribution in [0.5, 0.6) is 0 Å². The summed E-state index contributed by atoms with van der Waals surface area (Å²) in [6.45, 7) is 11.1. The van der Waals surface area contributed by atoms with E-state index in [-0.39, 0.29) is 0 Å². The fraction of sp³-hybridized carbons (Fsp3) is 0.692. The van der Waals surface area contributed by atoms with Crippen LogP contribution in [-0.4, -0.2) is 21.2 Å². The SMILES string of the molecule is CC(C)Cn1cncc1CNC(=O)OC(C)(C)C. The first-order valence-corrected chi connectivity index (χ1v) is 6.24. The van der Waals surface area contributed by atoms with Crippen LogP contribution in [0, 0.1) is 5.92 Å². The highest BCUT2D eigenvalue weighted by Crippen LogP contribution is 2.08. The lowest BCUT2D eigenvalue weighted by molar-refractivity contribution is 0.0522. The van der Waals surface area contributed by atoms with Crippen LogP contribution in [0.15, 0.2) is 12.5 Å².